The van der Waals surface area contributed by atoms with Gasteiger partial charge in [-0.25, -0.2) is 0 Å². The largest absolute Gasteiger partial charge is 0.454 e. The van der Waals surface area contributed by atoms with Crippen LogP contribution in [-0.4, -0.2) is 99.6 Å². The lowest BCUT2D eigenvalue weighted by atomic mass is 9.99. The molecule has 8 atom stereocenters. The van der Waals surface area contributed by atoms with E-state index in [-0.39, 0.29) is 19.4 Å². The average molecular weight is 1120 g/mol. The highest BCUT2D eigenvalue weighted by molar-refractivity contribution is 5.80. The first-order valence-electron chi connectivity index (χ1n) is 32.9. The van der Waals surface area contributed by atoms with Gasteiger partial charge in [0.2, 0.25) is 5.91 Å². The fraction of sp³-hybridized carbons (Fsp3) is 0.768. The summed E-state index contributed by atoms with van der Waals surface area (Å²) < 4.78 is 17.6. The summed E-state index contributed by atoms with van der Waals surface area (Å²) in [6, 6.07) is -1.05. The van der Waals surface area contributed by atoms with Crippen LogP contribution < -0.4 is 5.32 Å². The van der Waals surface area contributed by atoms with Crippen molar-refractivity contribution in [1.29, 1.82) is 0 Å². The highest BCUT2D eigenvalue weighted by Crippen LogP contribution is 2.26. The SMILES string of the molecule is CC\C=C/C=C/C=C/C=C\C=C\C=C\CCCCC(O)C(=O)NC(COC1OC(CO)C(O)C(O)C1OC(=O)CCCCCCCCCCCCCCCCCCCCCCCCC)C(O)/C=C/CCCCCCCCCCCC. The van der Waals surface area contributed by atoms with E-state index < -0.39 is 67.4 Å². The van der Waals surface area contributed by atoms with E-state index in [1.807, 2.05) is 72.9 Å². The van der Waals surface area contributed by atoms with E-state index in [0.29, 0.717) is 12.8 Å². The van der Waals surface area contributed by atoms with Crippen LogP contribution in [0.1, 0.15) is 278 Å². The Morgan fingerprint density at radius 2 is 0.900 bits per heavy atom. The van der Waals surface area contributed by atoms with Gasteiger partial charge in [0.15, 0.2) is 12.4 Å². The van der Waals surface area contributed by atoms with E-state index in [1.54, 1.807) is 6.08 Å². The lowest BCUT2D eigenvalue weighted by Gasteiger charge is -2.41. The van der Waals surface area contributed by atoms with Crippen LogP contribution in [0.4, 0.5) is 0 Å². The van der Waals surface area contributed by atoms with Gasteiger partial charge in [-0.2, -0.15) is 0 Å². The van der Waals surface area contributed by atoms with Crippen LogP contribution in [0.15, 0.2) is 85.1 Å². The lowest BCUT2D eigenvalue weighted by Crippen LogP contribution is -2.61. The van der Waals surface area contributed by atoms with Gasteiger partial charge in [-0.05, 0) is 44.9 Å². The van der Waals surface area contributed by atoms with Crippen molar-refractivity contribution in [3.8, 4) is 0 Å². The van der Waals surface area contributed by atoms with Gasteiger partial charge in [-0.1, -0.05) is 311 Å². The molecule has 0 aromatic heterocycles. The van der Waals surface area contributed by atoms with E-state index >= 15 is 0 Å². The number of carbonyl (C=O) groups is 2. The normalized spacial score (nSPS) is 19.3. The maximum absolute atomic E-state index is 13.4. The number of allylic oxidation sites excluding steroid dienone is 13. The van der Waals surface area contributed by atoms with Crippen molar-refractivity contribution in [1.82, 2.24) is 5.32 Å². The number of ether oxygens (including phenoxy) is 3. The number of amides is 1. The van der Waals surface area contributed by atoms with Crippen molar-refractivity contribution < 1.29 is 49.3 Å². The predicted octanol–water partition coefficient (Wildman–Crippen LogP) is 16.1. The second-order valence-corrected chi connectivity index (χ2v) is 22.6. The molecule has 0 saturated carbocycles. The van der Waals surface area contributed by atoms with Crippen molar-refractivity contribution in [3.63, 3.8) is 0 Å². The number of hydrogen-bond donors (Lipinski definition) is 6. The Morgan fingerprint density at radius 1 is 0.500 bits per heavy atom. The van der Waals surface area contributed by atoms with Crippen molar-refractivity contribution >= 4 is 11.9 Å². The number of rotatable bonds is 55. The van der Waals surface area contributed by atoms with Gasteiger partial charge in [-0.15, -0.1) is 0 Å². The standard InChI is InChI=1S/C69H121NO10/c1-4-7-10-13-16-19-22-25-27-29-30-31-32-33-34-35-37-39-42-45-48-51-54-57-64(74)80-67-66(76)65(75)63(58-71)79-69(67)78-59-60(61(72)55-52-49-46-43-40-24-21-18-15-12-9-6-3)70-68(77)62(73)56-53-50-47-44-41-38-36-28-26-23-20-17-14-11-8-5-2/h8,11,14,17,20,23,26,28,36,38,41,44,52,55,60-63,65-67,69,71-73,75-76H,4-7,9-10,12-13,15-16,18-19,21-22,24-25,27,29-35,37,39-40,42-43,45-51,53-54,56-59H2,1-3H3,(H,70,77)/b11-8-,17-14+,23-20+,28-26-,38-36+,44-41+,55-52+. The molecule has 8 unspecified atom stereocenters. The van der Waals surface area contributed by atoms with E-state index in [4.69, 9.17) is 14.2 Å². The van der Waals surface area contributed by atoms with Gasteiger partial charge < -0.3 is 45.1 Å². The van der Waals surface area contributed by atoms with Gasteiger partial charge in [0.05, 0.1) is 25.4 Å². The molecular weight excluding hydrogens is 1000 g/mol. The van der Waals surface area contributed by atoms with Crippen LogP contribution >= 0.6 is 0 Å². The minimum atomic E-state index is -1.62. The molecule has 462 valence electrons. The first kappa shape index (κ1) is 74.9. The van der Waals surface area contributed by atoms with Crippen molar-refractivity contribution in [3.05, 3.63) is 85.1 Å². The summed E-state index contributed by atoms with van der Waals surface area (Å²) in [4.78, 5) is 26.6. The minimum absolute atomic E-state index is 0.118. The molecule has 0 aromatic rings. The number of aliphatic hydroxyl groups is 5. The molecule has 80 heavy (non-hydrogen) atoms. The molecule has 0 aromatic carbocycles. The number of carbonyl (C=O) groups excluding carboxylic acids is 2. The molecule has 1 fully saturated rings. The fourth-order valence-electron chi connectivity index (χ4n) is 10.0. The average Bonchev–Trinajstić information content (AvgIpc) is 3.46. The summed E-state index contributed by atoms with van der Waals surface area (Å²) in [7, 11) is 0. The summed E-state index contributed by atoms with van der Waals surface area (Å²) in [5.74, 6) is -1.24. The van der Waals surface area contributed by atoms with Gasteiger partial charge in [0, 0.05) is 6.42 Å². The van der Waals surface area contributed by atoms with Gasteiger partial charge in [-0.3, -0.25) is 9.59 Å². The van der Waals surface area contributed by atoms with Crippen molar-refractivity contribution in [2.45, 2.75) is 327 Å². The van der Waals surface area contributed by atoms with E-state index in [2.05, 4.69) is 32.2 Å². The molecule has 1 aliphatic rings. The molecule has 0 aliphatic carbocycles. The molecule has 1 saturated heterocycles. The van der Waals surface area contributed by atoms with Crippen LogP contribution in [0.2, 0.25) is 0 Å². The first-order valence-corrected chi connectivity index (χ1v) is 32.9. The molecule has 0 bridgehead atoms. The van der Waals surface area contributed by atoms with E-state index in [0.717, 1.165) is 64.2 Å². The van der Waals surface area contributed by atoms with Crippen LogP contribution in [0.25, 0.3) is 0 Å². The molecule has 0 radical (unpaired) electrons. The van der Waals surface area contributed by atoms with Crippen LogP contribution in [0.3, 0.4) is 0 Å². The Balaban J connectivity index is 2.63. The highest BCUT2D eigenvalue weighted by Gasteiger charge is 2.47. The molecule has 1 aliphatic heterocycles. The first-order chi connectivity index (χ1) is 39.2. The van der Waals surface area contributed by atoms with Gasteiger partial charge >= 0.3 is 5.97 Å². The second-order valence-electron chi connectivity index (χ2n) is 22.6. The molecule has 1 amide bonds. The third-order valence-corrected chi connectivity index (χ3v) is 15.2. The Hall–Kier alpha value is -3.16. The maximum Gasteiger partial charge on any atom is 0.306 e. The third-order valence-electron chi connectivity index (χ3n) is 15.2. The Morgan fingerprint density at radius 3 is 1.35 bits per heavy atom. The lowest BCUT2D eigenvalue weighted by molar-refractivity contribution is -0.305. The highest BCUT2D eigenvalue weighted by atomic mass is 16.7. The van der Waals surface area contributed by atoms with E-state index in [9.17, 15) is 35.1 Å². The molecule has 6 N–H and O–H groups in total. The summed E-state index contributed by atoms with van der Waals surface area (Å²) >= 11 is 0. The molecule has 1 rings (SSSR count). The minimum Gasteiger partial charge on any atom is -0.454 e. The monoisotopic (exact) mass is 1120 g/mol. The van der Waals surface area contributed by atoms with Crippen LogP contribution in [0.5, 0.6) is 0 Å². The predicted molar refractivity (Wildman–Crippen MR) is 333 cm³/mol. The molecule has 11 nitrogen and oxygen atoms in total. The zero-order valence-electron chi connectivity index (χ0n) is 51.2. The quantitative estimate of drug-likeness (QED) is 0.0149. The van der Waals surface area contributed by atoms with E-state index in [1.165, 1.54) is 167 Å². The maximum atomic E-state index is 13.4. The Bertz CT molecular complexity index is 1620. The Labute approximate surface area is 489 Å². The third kappa shape index (κ3) is 43.5. The number of aliphatic hydroxyl groups excluding tert-OH is 5. The number of nitrogens with one attached hydrogen (secondary N) is 1. The molecule has 0 spiro atoms. The smallest absolute Gasteiger partial charge is 0.306 e. The van der Waals surface area contributed by atoms with Gasteiger partial charge in [0.25, 0.3) is 0 Å². The second kappa shape index (κ2) is 56.3. The molecule has 11 heteroatoms. The zero-order valence-corrected chi connectivity index (χ0v) is 51.2. The van der Waals surface area contributed by atoms with Crippen molar-refractivity contribution in [2.24, 2.45) is 0 Å². The number of esters is 1. The number of hydrogen-bond acceptors (Lipinski definition) is 10. The summed E-state index contributed by atoms with van der Waals surface area (Å²) in [5, 5.41) is 57.0. The van der Waals surface area contributed by atoms with Gasteiger partial charge in [0.1, 0.15) is 24.4 Å². The summed E-state index contributed by atoms with van der Waals surface area (Å²) in [6.45, 7) is 5.63. The van der Waals surface area contributed by atoms with Crippen molar-refractivity contribution in [2.75, 3.05) is 13.2 Å². The molecular formula is C69H121NO10. The molecule has 1 heterocycles. The zero-order chi connectivity index (χ0) is 58.2. The Kier molecular flexibility index (Phi) is 52.7. The van der Waals surface area contributed by atoms with Crippen LogP contribution in [0, 0.1) is 0 Å². The summed E-state index contributed by atoms with van der Waals surface area (Å²) in [5.41, 5.74) is 0. The van der Waals surface area contributed by atoms with Crippen LogP contribution in [-0.2, 0) is 23.8 Å². The number of unbranched alkanes of at least 4 members (excludes halogenated alkanes) is 34. The topological polar surface area (TPSA) is 175 Å². The fourth-order valence-corrected chi connectivity index (χ4v) is 10.0. The summed E-state index contributed by atoms with van der Waals surface area (Å²) in [6.07, 6.45) is 63.5.